The highest BCUT2D eigenvalue weighted by atomic mass is 79.9. The van der Waals surface area contributed by atoms with E-state index in [-0.39, 0.29) is 0 Å². The number of rotatable bonds is 3. The van der Waals surface area contributed by atoms with Crippen LogP contribution in [0.3, 0.4) is 0 Å². The summed E-state index contributed by atoms with van der Waals surface area (Å²) in [6.45, 7) is 0. The summed E-state index contributed by atoms with van der Waals surface area (Å²) in [5, 5.41) is 2.04. The Hall–Kier alpha value is -2.31. The van der Waals surface area contributed by atoms with Crippen LogP contribution in [0, 0.1) is 0 Å². The van der Waals surface area contributed by atoms with Crippen LogP contribution in [0.4, 0.5) is 0 Å². The van der Waals surface area contributed by atoms with Crippen molar-refractivity contribution in [3.05, 3.63) is 70.3 Å². The first kappa shape index (κ1) is 14.3. The van der Waals surface area contributed by atoms with Crippen molar-refractivity contribution < 1.29 is 0 Å². The molecule has 23 heavy (non-hydrogen) atoms. The van der Waals surface area contributed by atoms with Crippen LogP contribution in [0.15, 0.2) is 58.9 Å². The van der Waals surface area contributed by atoms with Crippen LogP contribution in [-0.2, 0) is 0 Å². The summed E-state index contributed by atoms with van der Waals surface area (Å²) in [5.74, 6) is 0. The van der Waals surface area contributed by atoms with Crippen molar-refractivity contribution in [1.82, 2.24) is 19.4 Å². The summed E-state index contributed by atoms with van der Waals surface area (Å²) in [5.41, 5.74) is 3.95. The third-order valence-corrected chi connectivity index (χ3v) is 4.81. The van der Waals surface area contributed by atoms with Crippen molar-refractivity contribution in [2.75, 3.05) is 0 Å². The van der Waals surface area contributed by atoms with E-state index >= 15 is 0 Å². The van der Waals surface area contributed by atoms with Crippen molar-refractivity contribution in [3.63, 3.8) is 0 Å². The van der Waals surface area contributed by atoms with E-state index in [0.29, 0.717) is 0 Å². The lowest BCUT2D eigenvalue weighted by atomic mass is 10.1. The highest BCUT2D eigenvalue weighted by molar-refractivity contribution is 9.10. The molecule has 4 aromatic rings. The second-order valence-corrected chi connectivity index (χ2v) is 6.58. The van der Waals surface area contributed by atoms with Gasteiger partial charge in [-0.05, 0) is 28.1 Å². The normalized spacial score (nSPS) is 11.5. The molecule has 0 unspecified atom stereocenters. The SMILES string of the molecule is Brc1cncnc1/C=C/c1c(-c2ccccc2)nc2sccn12. The van der Waals surface area contributed by atoms with Gasteiger partial charge in [0, 0.05) is 23.3 Å². The number of thiazole rings is 1. The van der Waals surface area contributed by atoms with E-state index in [1.54, 1.807) is 23.9 Å². The Morgan fingerprint density at radius 3 is 2.83 bits per heavy atom. The first-order valence-electron chi connectivity index (χ1n) is 6.97. The Kier molecular flexibility index (Phi) is 3.77. The maximum Gasteiger partial charge on any atom is 0.194 e. The van der Waals surface area contributed by atoms with Gasteiger partial charge in [-0.25, -0.2) is 15.0 Å². The molecule has 4 rings (SSSR count). The van der Waals surface area contributed by atoms with Gasteiger partial charge in [0.2, 0.25) is 0 Å². The number of imidazole rings is 1. The number of halogens is 1. The summed E-state index contributed by atoms with van der Waals surface area (Å²) in [7, 11) is 0. The molecule has 0 amide bonds. The van der Waals surface area contributed by atoms with Crippen LogP contribution in [-0.4, -0.2) is 19.4 Å². The summed E-state index contributed by atoms with van der Waals surface area (Å²) < 4.78 is 2.96. The predicted molar refractivity (Wildman–Crippen MR) is 97.2 cm³/mol. The molecular formula is C17H11BrN4S. The molecule has 0 saturated heterocycles. The lowest BCUT2D eigenvalue weighted by Gasteiger charge is -2.00. The van der Waals surface area contributed by atoms with Crippen molar-refractivity contribution in [1.29, 1.82) is 0 Å². The number of hydrogen-bond donors (Lipinski definition) is 0. The lowest BCUT2D eigenvalue weighted by molar-refractivity contribution is 1.13. The smallest absolute Gasteiger partial charge is 0.194 e. The van der Waals surface area contributed by atoms with E-state index in [0.717, 1.165) is 32.1 Å². The Labute approximate surface area is 145 Å². The maximum atomic E-state index is 4.76. The van der Waals surface area contributed by atoms with Crippen LogP contribution >= 0.6 is 27.3 Å². The van der Waals surface area contributed by atoms with Gasteiger partial charge in [0.15, 0.2) is 4.96 Å². The third-order valence-electron chi connectivity index (χ3n) is 3.44. The van der Waals surface area contributed by atoms with Gasteiger partial charge in [0.25, 0.3) is 0 Å². The van der Waals surface area contributed by atoms with Gasteiger partial charge in [-0.2, -0.15) is 0 Å². The summed E-state index contributed by atoms with van der Waals surface area (Å²) in [6.07, 6.45) is 9.33. The van der Waals surface area contributed by atoms with Gasteiger partial charge in [0.1, 0.15) is 6.33 Å². The third kappa shape index (κ3) is 2.71. The molecule has 0 atom stereocenters. The molecular weight excluding hydrogens is 372 g/mol. The quantitative estimate of drug-likeness (QED) is 0.511. The second kappa shape index (κ2) is 6.06. The maximum absolute atomic E-state index is 4.76. The van der Waals surface area contributed by atoms with Crippen molar-refractivity contribution in [3.8, 4) is 11.3 Å². The molecule has 0 radical (unpaired) electrons. The molecule has 0 aliphatic rings. The van der Waals surface area contributed by atoms with Gasteiger partial charge < -0.3 is 0 Å². The minimum absolute atomic E-state index is 0.837. The number of hydrogen-bond acceptors (Lipinski definition) is 4. The zero-order valence-electron chi connectivity index (χ0n) is 11.9. The van der Waals surface area contributed by atoms with Crippen molar-refractivity contribution >= 4 is 44.4 Å². The summed E-state index contributed by atoms with van der Waals surface area (Å²) in [6, 6.07) is 10.2. The highest BCUT2D eigenvalue weighted by Crippen LogP contribution is 2.28. The molecule has 4 nitrogen and oxygen atoms in total. The number of fused-ring (bicyclic) bond motifs is 1. The van der Waals surface area contributed by atoms with Crippen LogP contribution in [0.25, 0.3) is 28.4 Å². The first-order chi connectivity index (χ1) is 11.3. The highest BCUT2D eigenvalue weighted by Gasteiger charge is 2.12. The Morgan fingerprint density at radius 1 is 1.13 bits per heavy atom. The zero-order valence-corrected chi connectivity index (χ0v) is 14.3. The van der Waals surface area contributed by atoms with E-state index in [2.05, 4.69) is 42.4 Å². The van der Waals surface area contributed by atoms with Gasteiger partial charge >= 0.3 is 0 Å². The lowest BCUT2D eigenvalue weighted by Crippen LogP contribution is -1.87. The van der Waals surface area contributed by atoms with Crippen LogP contribution in [0.1, 0.15) is 11.4 Å². The van der Waals surface area contributed by atoms with E-state index in [4.69, 9.17) is 4.98 Å². The molecule has 0 bridgehead atoms. The predicted octanol–water partition coefficient (Wildman–Crippen LogP) is 4.79. The molecule has 3 aromatic heterocycles. The molecule has 112 valence electrons. The largest absolute Gasteiger partial charge is 0.290 e. The fraction of sp³-hybridized carbons (Fsp3) is 0. The van der Waals surface area contributed by atoms with E-state index in [1.807, 2.05) is 41.9 Å². The fourth-order valence-corrected chi connectivity index (χ4v) is 3.45. The molecule has 0 N–H and O–H groups in total. The minimum atomic E-state index is 0.837. The molecule has 6 heteroatoms. The number of nitrogens with zero attached hydrogens (tertiary/aromatic N) is 4. The number of aromatic nitrogens is 4. The van der Waals surface area contributed by atoms with Crippen molar-refractivity contribution in [2.45, 2.75) is 0 Å². The van der Waals surface area contributed by atoms with Crippen LogP contribution in [0.5, 0.6) is 0 Å². The van der Waals surface area contributed by atoms with Crippen molar-refractivity contribution in [2.24, 2.45) is 0 Å². The summed E-state index contributed by atoms with van der Waals surface area (Å²) >= 11 is 5.09. The van der Waals surface area contributed by atoms with Gasteiger partial charge in [-0.3, -0.25) is 4.40 Å². The topological polar surface area (TPSA) is 43.1 Å². The zero-order chi connectivity index (χ0) is 15.6. The second-order valence-electron chi connectivity index (χ2n) is 4.86. The average molecular weight is 383 g/mol. The first-order valence-corrected chi connectivity index (χ1v) is 8.65. The average Bonchev–Trinajstić information content (AvgIpc) is 3.16. The Bertz CT molecular complexity index is 988. The molecule has 3 heterocycles. The van der Waals surface area contributed by atoms with Gasteiger partial charge in [0.05, 0.1) is 21.6 Å². The number of benzene rings is 1. The molecule has 0 fully saturated rings. The molecule has 1 aromatic carbocycles. The van der Waals surface area contributed by atoms with Crippen LogP contribution < -0.4 is 0 Å². The fourth-order valence-electron chi connectivity index (χ4n) is 2.37. The Balaban J connectivity index is 1.85. The molecule has 0 aliphatic heterocycles. The van der Waals surface area contributed by atoms with E-state index in [1.165, 1.54) is 0 Å². The van der Waals surface area contributed by atoms with E-state index < -0.39 is 0 Å². The van der Waals surface area contributed by atoms with Crippen LogP contribution in [0.2, 0.25) is 0 Å². The van der Waals surface area contributed by atoms with Gasteiger partial charge in [-0.15, -0.1) is 11.3 Å². The molecule has 0 aliphatic carbocycles. The Morgan fingerprint density at radius 2 is 2.00 bits per heavy atom. The van der Waals surface area contributed by atoms with E-state index in [9.17, 15) is 0 Å². The monoisotopic (exact) mass is 382 g/mol. The minimum Gasteiger partial charge on any atom is -0.290 e. The molecule has 0 saturated carbocycles. The summed E-state index contributed by atoms with van der Waals surface area (Å²) in [4.78, 5) is 14.0. The molecule has 0 spiro atoms. The standard InChI is InChI=1S/C17H11BrN4S/c18-13-10-19-11-20-14(13)6-7-15-16(12-4-2-1-3-5-12)21-17-22(15)8-9-23-17/h1-11H/b7-6+. The van der Waals surface area contributed by atoms with Gasteiger partial charge in [-0.1, -0.05) is 30.3 Å².